The zero-order chi connectivity index (χ0) is 28.4. The molecule has 0 aromatic heterocycles. The SMILES string of the molecule is CCNC(=O)C(CC)N(CCc1ccccc1)C(=O)CN(c1cc(Cl)ccc1OC)S(=O)(=O)c1ccccc1. The number of likely N-dealkylation sites (N-methyl/N-ethyl adjacent to an activating group) is 1. The summed E-state index contributed by atoms with van der Waals surface area (Å²) in [4.78, 5) is 28.4. The van der Waals surface area contributed by atoms with Gasteiger partial charge in [-0.2, -0.15) is 0 Å². The van der Waals surface area contributed by atoms with Crippen LogP contribution >= 0.6 is 11.6 Å². The molecule has 3 aromatic carbocycles. The molecule has 1 atom stereocenters. The number of nitrogens with zero attached hydrogens (tertiary/aromatic N) is 2. The molecule has 0 saturated carbocycles. The summed E-state index contributed by atoms with van der Waals surface area (Å²) in [6.45, 7) is 3.70. The van der Waals surface area contributed by atoms with Crippen LogP contribution in [0.2, 0.25) is 5.02 Å². The zero-order valence-corrected chi connectivity index (χ0v) is 23.9. The molecule has 2 amide bonds. The van der Waals surface area contributed by atoms with Crippen molar-refractivity contribution < 1.29 is 22.7 Å². The number of sulfonamides is 1. The van der Waals surface area contributed by atoms with Gasteiger partial charge in [0.2, 0.25) is 11.8 Å². The molecule has 0 aliphatic heterocycles. The number of carbonyl (C=O) groups is 2. The van der Waals surface area contributed by atoms with Gasteiger partial charge in [-0.15, -0.1) is 0 Å². The third-order valence-corrected chi connectivity index (χ3v) is 8.25. The Balaban J connectivity index is 2.06. The fraction of sp³-hybridized carbons (Fsp3) is 0.310. The molecular formula is C29H34ClN3O5S. The predicted octanol–water partition coefficient (Wildman–Crippen LogP) is 4.53. The lowest BCUT2D eigenvalue weighted by Crippen LogP contribution is -2.53. The van der Waals surface area contributed by atoms with E-state index >= 15 is 0 Å². The van der Waals surface area contributed by atoms with E-state index in [1.165, 1.54) is 30.2 Å². The molecular weight excluding hydrogens is 538 g/mol. The van der Waals surface area contributed by atoms with Crippen LogP contribution in [0.25, 0.3) is 0 Å². The molecule has 39 heavy (non-hydrogen) atoms. The number of hydrogen-bond donors (Lipinski definition) is 1. The van der Waals surface area contributed by atoms with Crippen molar-refractivity contribution in [2.24, 2.45) is 0 Å². The van der Waals surface area contributed by atoms with Crippen molar-refractivity contribution in [3.63, 3.8) is 0 Å². The summed E-state index contributed by atoms with van der Waals surface area (Å²) in [5, 5.41) is 3.07. The minimum Gasteiger partial charge on any atom is -0.495 e. The number of ether oxygens (including phenoxy) is 1. The highest BCUT2D eigenvalue weighted by Gasteiger charge is 2.34. The third-order valence-electron chi connectivity index (χ3n) is 6.24. The summed E-state index contributed by atoms with van der Waals surface area (Å²) in [5.74, 6) is -0.580. The predicted molar refractivity (Wildman–Crippen MR) is 154 cm³/mol. The molecule has 0 bridgehead atoms. The van der Waals surface area contributed by atoms with Crippen molar-refractivity contribution in [1.29, 1.82) is 0 Å². The van der Waals surface area contributed by atoms with Gasteiger partial charge in [0, 0.05) is 18.1 Å². The minimum atomic E-state index is -4.22. The maximum Gasteiger partial charge on any atom is 0.264 e. The number of anilines is 1. The van der Waals surface area contributed by atoms with Gasteiger partial charge in [0.05, 0.1) is 17.7 Å². The first kappa shape index (κ1) is 30.0. The minimum absolute atomic E-state index is 0.00596. The molecule has 0 radical (unpaired) electrons. The second-order valence-corrected chi connectivity index (χ2v) is 11.1. The van der Waals surface area contributed by atoms with Crippen LogP contribution in [0.1, 0.15) is 25.8 Å². The summed E-state index contributed by atoms with van der Waals surface area (Å²) < 4.78 is 34.2. The van der Waals surface area contributed by atoms with Gasteiger partial charge in [0.1, 0.15) is 18.3 Å². The van der Waals surface area contributed by atoms with Crippen LogP contribution in [-0.4, -0.2) is 57.9 Å². The van der Waals surface area contributed by atoms with Gasteiger partial charge >= 0.3 is 0 Å². The summed E-state index contributed by atoms with van der Waals surface area (Å²) >= 11 is 6.25. The molecule has 0 aliphatic rings. The molecule has 3 rings (SSSR count). The van der Waals surface area contributed by atoms with E-state index in [1.807, 2.05) is 37.3 Å². The molecule has 1 N–H and O–H groups in total. The number of hydrogen-bond acceptors (Lipinski definition) is 5. The van der Waals surface area contributed by atoms with E-state index in [-0.39, 0.29) is 33.8 Å². The zero-order valence-electron chi connectivity index (χ0n) is 22.3. The van der Waals surface area contributed by atoms with Gasteiger partial charge in [0.15, 0.2) is 0 Å². The van der Waals surface area contributed by atoms with Gasteiger partial charge in [-0.05, 0) is 55.7 Å². The van der Waals surface area contributed by atoms with E-state index < -0.39 is 28.5 Å². The maximum atomic E-state index is 14.0. The molecule has 208 valence electrons. The van der Waals surface area contributed by atoms with Gasteiger partial charge < -0.3 is 15.0 Å². The number of amides is 2. The molecule has 0 aliphatic carbocycles. The second kappa shape index (κ2) is 14.0. The molecule has 0 fully saturated rings. The van der Waals surface area contributed by atoms with Crippen molar-refractivity contribution in [1.82, 2.24) is 10.2 Å². The smallest absolute Gasteiger partial charge is 0.264 e. The number of benzene rings is 3. The van der Waals surface area contributed by atoms with Crippen LogP contribution in [0.15, 0.2) is 83.8 Å². The molecule has 0 spiro atoms. The average Bonchev–Trinajstić information content (AvgIpc) is 2.94. The van der Waals surface area contributed by atoms with Gasteiger partial charge in [-0.1, -0.05) is 67.1 Å². The van der Waals surface area contributed by atoms with E-state index in [4.69, 9.17) is 16.3 Å². The van der Waals surface area contributed by atoms with Crippen molar-refractivity contribution in [3.05, 3.63) is 89.4 Å². The Kier molecular flexibility index (Phi) is 10.8. The average molecular weight is 572 g/mol. The quantitative estimate of drug-likeness (QED) is 0.325. The van der Waals surface area contributed by atoms with Crippen LogP contribution < -0.4 is 14.4 Å². The highest BCUT2D eigenvalue weighted by atomic mass is 35.5. The highest BCUT2D eigenvalue weighted by Crippen LogP contribution is 2.35. The first-order valence-electron chi connectivity index (χ1n) is 12.7. The van der Waals surface area contributed by atoms with Gasteiger partial charge in [-0.3, -0.25) is 13.9 Å². The van der Waals surface area contributed by atoms with Gasteiger partial charge in [-0.25, -0.2) is 8.42 Å². The summed E-state index contributed by atoms with van der Waals surface area (Å²) in [6, 6.07) is 21.2. The Morgan fingerprint density at radius 3 is 2.21 bits per heavy atom. The molecule has 0 saturated heterocycles. The third kappa shape index (κ3) is 7.52. The molecule has 3 aromatic rings. The Morgan fingerprint density at radius 1 is 0.974 bits per heavy atom. The van der Waals surface area contributed by atoms with Crippen LogP contribution in [-0.2, 0) is 26.0 Å². The summed E-state index contributed by atoms with van der Waals surface area (Å²) in [7, 11) is -2.80. The Bertz CT molecular complexity index is 1350. The number of halogens is 1. The second-order valence-electron chi connectivity index (χ2n) is 8.78. The largest absolute Gasteiger partial charge is 0.495 e. The highest BCUT2D eigenvalue weighted by molar-refractivity contribution is 7.92. The van der Waals surface area contributed by atoms with Crippen LogP contribution in [0.5, 0.6) is 5.75 Å². The molecule has 8 nitrogen and oxygen atoms in total. The van der Waals surface area contributed by atoms with E-state index in [1.54, 1.807) is 37.3 Å². The van der Waals surface area contributed by atoms with E-state index in [9.17, 15) is 18.0 Å². The monoisotopic (exact) mass is 571 g/mol. The van der Waals surface area contributed by atoms with Crippen LogP contribution in [0, 0.1) is 0 Å². The molecule has 1 unspecified atom stereocenters. The normalized spacial score (nSPS) is 11.9. The van der Waals surface area contributed by atoms with Crippen molar-refractivity contribution in [2.75, 3.05) is 31.0 Å². The molecule has 10 heteroatoms. The van der Waals surface area contributed by atoms with E-state index in [2.05, 4.69) is 5.32 Å². The lowest BCUT2D eigenvalue weighted by atomic mass is 10.1. The van der Waals surface area contributed by atoms with Crippen molar-refractivity contribution >= 4 is 39.1 Å². The fourth-order valence-electron chi connectivity index (χ4n) is 4.28. The maximum absolute atomic E-state index is 14.0. The first-order chi connectivity index (χ1) is 18.7. The summed E-state index contributed by atoms with van der Waals surface area (Å²) in [6.07, 6.45) is 0.854. The topological polar surface area (TPSA) is 96.0 Å². The van der Waals surface area contributed by atoms with E-state index in [0.29, 0.717) is 19.4 Å². The van der Waals surface area contributed by atoms with Crippen molar-refractivity contribution in [2.45, 2.75) is 37.6 Å². The number of carbonyl (C=O) groups excluding carboxylic acids is 2. The number of methoxy groups -OCH3 is 1. The first-order valence-corrected chi connectivity index (χ1v) is 14.6. The Hall–Kier alpha value is -3.56. The lowest BCUT2D eigenvalue weighted by molar-refractivity contribution is -0.139. The Morgan fingerprint density at radius 2 is 1.62 bits per heavy atom. The van der Waals surface area contributed by atoms with Crippen molar-refractivity contribution in [3.8, 4) is 5.75 Å². The molecule has 0 heterocycles. The Labute approximate surface area is 235 Å². The van der Waals surface area contributed by atoms with E-state index in [0.717, 1.165) is 9.87 Å². The van der Waals surface area contributed by atoms with Crippen LogP contribution in [0.4, 0.5) is 5.69 Å². The number of rotatable bonds is 13. The van der Waals surface area contributed by atoms with Gasteiger partial charge in [0.25, 0.3) is 10.0 Å². The fourth-order valence-corrected chi connectivity index (χ4v) is 5.88. The standard InChI is InChI=1S/C29H34ClN3O5S/c1-4-25(29(35)31-5-2)32(19-18-22-12-8-6-9-13-22)28(34)21-33(26-20-23(30)16-17-27(26)38-3)39(36,37)24-14-10-7-11-15-24/h6-17,20,25H,4-5,18-19,21H2,1-3H3,(H,31,35). The van der Waals surface area contributed by atoms with Crippen LogP contribution in [0.3, 0.4) is 0 Å². The lowest BCUT2D eigenvalue weighted by Gasteiger charge is -2.33. The number of nitrogens with one attached hydrogen (secondary N) is 1. The summed E-state index contributed by atoms with van der Waals surface area (Å²) in [5.41, 5.74) is 1.11.